The van der Waals surface area contributed by atoms with Gasteiger partial charge in [-0.2, -0.15) is 0 Å². The number of carbonyl (C=O) groups is 2. The molecule has 0 spiro atoms. The van der Waals surface area contributed by atoms with Crippen molar-refractivity contribution in [1.82, 2.24) is 0 Å². The van der Waals surface area contributed by atoms with Gasteiger partial charge in [0.05, 0.1) is 12.5 Å². The van der Waals surface area contributed by atoms with Crippen LogP contribution in [0, 0.1) is 17.8 Å². The van der Waals surface area contributed by atoms with E-state index in [9.17, 15) is 9.59 Å². The third-order valence-corrected chi connectivity index (χ3v) is 2.96. The molecule has 0 heterocycles. The number of carboxylic acid groups (broad SMARTS) is 1. The molecular formula is C10H17NO4. The second-order valence-electron chi connectivity index (χ2n) is 3.79. The van der Waals surface area contributed by atoms with Crippen LogP contribution in [0.2, 0.25) is 0 Å². The van der Waals surface area contributed by atoms with Gasteiger partial charge in [0.2, 0.25) is 0 Å². The molecule has 0 aromatic carbocycles. The van der Waals surface area contributed by atoms with Crippen LogP contribution in [0.5, 0.6) is 0 Å². The molecule has 0 aromatic heterocycles. The molecule has 1 aliphatic carbocycles. The van der Waals surface area contributed by atoms with Crippen molar-refractivity contribution in [3.8, 4) is 0 Å². The SMILES string of the molecule is CCOC(=O)C1C(CC)C1[C@@H](N)C(=O)O. The predicted octanol–water partition coefficient (Wildman–Crippen LogP) is 0.234. The number of hydrogen-bond acceptors (Lipinski definition) is 4. The van der Waals surface area contributed by atoms with Crippen molar-refractivity contribution in [3.63, 3.8) is 0 Å². The molecule has 5 nitrogen and oxygen atoms in total. The number of nitrogens with two attached hydrogens (primary N) is 1. The van der Waals surface area contributed by atoms with Gasteiger partial charge in [-0.05, 0) is 12.8 Å². The van der Waals surface area contributed by atoms with Gasteiger partial charge in [-0.25, -0.2) is 0 Å². The Hall–Kier alpha value is -1.10. The fourth-order valence-corrected chi connectivity index (χ4v) is 2.15. The average molecular weight is 215 g/mol. The summed E-state index contributed by atoms with van der Waals surface area (Å²) < 4.78 is 4.87. The summed E-state index contributed by atoms with van der Waals surface area (Å²) in [4.78, 5) is 22.1. The zero-order chi connectivity index (χ0) is 11.6. The summed E-state index contributed by atoms with van der Waals surface area (Å²) in [6, 6.07) is -0.954. The second kappa shape index (κ2) is 4.61. The lowest BCUT2D eigenvalue weighted by Crippen LogP contribution is -2.34. The predicted molar refractivity (Wildman–Crippen MR) is 53.0 cm³/mol. The number of ether oxygens (including phenoxy) is 1. The smallest absolute Gasteiger partial charge is 0.320 e. The Balaban J connectivity index is 2.60. The minimum Gasteiger partial charge on any atom is -0.480 e. The Bertz CT molecular complexity index is 266. The van der Waals surface area contributed by atoms with Crippen LogP contribution in [-0.4, -0.2) is 29.7 Å². The number of carboxylic acids is 1. The Labute approximate surface area is 88.6 Å². The zero-order valence-corrected chi connectivity index (χ0v) is 8.97. The minimum atomic E-state index is -1.05. The van der Waals surface area contributed by atoms with Crippen LogP contribution in [0.4, 0.5) is 0 Å². The molecule has 0 saturated heterocycles. The minimum absolute atomic E-state index is 0.0650. The van der Waals surface area contributed by atoms with Gasteiger partial charge in [0, 0.05) is 5.92 Å². The number of carbonyl (C=O) groups excluding carboxylic acids is 1. The third-order valence-electron chi connectivity index (χ3n) is 2.96. The lowest BCUT2D eigenvalue weighted by molar-refractivity contribution is -0.145. The Morgan fingerprint density at radius 3 is 2.47 bits per heavy atom. The van der Waals surface area contributed by atoms with Gasteiger partial charge in [-0.1, -0.05) is 13.3 Å². The van der Waals surface area contributed by atoms with Crippen LogP contribution in [0.25, 0.3) is 0 Å². The molecule has 1 fully saturated rings. The first-order valence-corrected chi connectivity index (χ1v) is 5.19. The van der Waals surface area contributed by atoms with Gasteiger partial charge >= 0.3 is 11.9 Å². The molecule has 3 N–H and O–H groups in total. The van der Waals surface area contributed by atoms with Gasteiger partial charge < -0.3 is 15.6 Å². The lowest BCUT2D eigenvalue weighted by Gasteiger charge is -2.04. The number of hydrogen-bond donors (Lipinski definition) is 2. The summed E-state index contributed by atoms with van der Waals surface area (Å²) in [7, 11) is 0. The Morgan fingerprint density at radius 2 is 2.07 bits per heavy atom. The molecule has 3 unspecified atom stereocenters. The van der Waals surface area contributed by atoms with Gasteiger partial charge in [0.15, 0.2) is 0 Å². The molecule has 5 heteroatoms. The highest BCUT2D eigenvalue weighted by atomic mass is 16.5. The van der Waals surface area contributed by atoms with Gasteiger partial charge in [0.25, 0.3) is 0 Å². The summed E-state index contributed by atoms with van der Waals surface area (Å²) >= 11 is 0. The molecule has 0 aliphatic heterocycles. The van der Waals surface area contributed by atoms with Crippen LogP contribution < -0.4 is 5.73 Å². The van der Waals surface area contributed by atoms with Gasteiger partial charge in [-0.3, -0.25) is 9.59 Å². The van der Waals surface area contributed by atoms with E-state index in [-0.39, 0.29) is 23.7 Å². The largest absolute Gasteiger partial charge is 0.480 e. The van der Waals surface area contributed by atoms with E-state index in [2.05, 4.69) is 0 Å². The van der Waals surface area contributed by atoms with Crippen LogP contribution in [0.15, 0.2) is 0 Å². The second-order valence-corrected chi connectivity index (χ2v) is 3.79. The van der Waals surface area contributed by atoms with E-state index in [4.69, 9.17) is 15.6 Å². The van der Waals surface area contributed by atoms with Gasteiger partial charge in [-0.15, -0.1) is 0 Å². The maximum absolute atomic E-state index is 11.4. The van der Waals surface area contributed by atoms with Crippen molar-refractivity contribution in [2.45, 2.75) is 26.3 Å². The molecule has 1 aliphatic rings. The lowest BCUT2D eigenvalue weighted by atomic mass is 10.1. The first-order chi connectivity index (χ1) is 7.04. The van der Waals surface area contributed by atoms with Crippen molar-refractivity contribution < 1.29 is 19.4 Å². The van der Waals surface area contributed by atoms with E-state index < -0.39 is 12.0 Å². The third kappa shape index (κ3) is 2.28. The fourth-order valence-electron chi connectivity index (χ4n) is 2.15. The van der Waals surface area contributed by atoms with Crippen molar-refractivity contribution in [1.29, 1.82) is 0 Å². The highest BCUT2D eigenvalue weighted by molar-refractivity contribution is 5.81. The first kappa shape index (κ1) is 12.0. The summed E-state index contributed by atoms with van der Waals surface area (Å²) in [5, 5.41) is 8.76. The molecule has 0 aromatic rings. The summed E-state index contributed by atoms with van der Waals surface area (Å²) in [5.41, 5.74) is 5.50. The van der Waals surface area contributed by atoms with E-state index >= 15 is 0 Å². The van der Waals surface area contributed by atoms with Crippen LogP contribution >= 0.6 is 0 Å². The molecule has 1 rings (SSSR count). The first-order valence-electron chi connectivity index (χ1n) is 5.19. The van der Waals surface area contributed by atoms with Crippen LogP contribution in [0.3, 0.4) is 0 Å². The topological polar surface area (TPSA) is 89.6 Å². The van der Waals surface area contributed by atoms with Crippen molar-refractivity contribution in [3.05, 3.63) is 0 Å². The van der Waals surface area contributed by atoms with E-state index in [1.165, 1.54) is 0 Å². The summed E-state index contributed by atoms with van der Waals surface area (Å²) in [6.45, 7) is 3.97. The molecule has 15 heavy (non-hydrogen) atoms. The quantitative estimate of drug-likeness (QED) is 0.641. The molecule has 86 valence electrons. The number of aliphatic carboxylic acids is 1. The van der Waals surface area contributed by atoms with E-state index in [1.807, 2.05) is 6.92 Å². The summed E-state index contributed by atoms with van der Waals surface area (Å²) in [5.74, 6) is -1.88. The van der Waals surface area contributed by atoms with Crippen LogP contribution in [-0.2, 0) is 14.3 Å². The maximum atomic E-state index is 11.4. The van der Waals surface area contributed by atoms with Crippen molar-refractivity contribution in [2.24, 2.45) is 23.5 Å². The molecule has 0 radical (unpaired) electrons. The Kier molecular flexibility index (Phi) is 3.68. The molecule has 4 atom stereocenters. The normalized spacial score (nSPS) is 30.7. The molecular weight excluding hydrogens is 198 g/mol. The monoisotopic (exact) mass is 215 g/mol. The van der Waals surface area contributed by atoms with Gasteiger partial charge in [0.1, 0.15) is 6.04 Å². The maximum Gasteiger partial charge on any atom is 0.320 e. The number of esters is 1. The Morgan fingerprint density at radius 1 is 1.47 bits per heavy atom. The summed E-state index contributed by atoms with van der Waals surface area (Å²) in [6.07, 6.45) is 0.759. The van der Waals surface area contributed by atoms with E-state index in [0.29, 0.717) is 6.61 Å². The van der Waals surface area contributed by atoms with Crippen molar-refractivity contribution in [2.75, 3.05) is 6.61 Å². The average Bonchev–Trinajstić information content (AvgIpc) is 2.90. The molecule has 0 amide bonds. The fraction of sp³-hybridized carbons (Fsp3) is 0.800. The van der Waals surface area contributed by atoms with Crippen molar-refractivity contribution >= 4 is 11.9 Å². The standard InChI is InChI=1S/C10H17NO4/c1-3-5-6(8(11)9(12)13)7(5)10(14)15-4-2/h5-8H,3-4,11H2,1-2H3,(H,12,13)/t5?,6?,7?,8-/m1/s1. The highest BCUT2D eigenvalue weighted by Crippen LogP contribution is 2.50. The number of rotatable bonds is 5. The zero-order valence-electron chi connectivity index (χ0n) is 8.97. The van der Waals surface area contributed by atoms with E-state index in [1.54, 1.807) is 6.92 Å². The molecule has 0 bridgehead atoms. The van der Waals surface area contributed by atoms with Crippen LogP contribution in [0.1, 0.15) is 20.3 Å². The molecule has 1 saturated carbocycles. The van der Waals surface area contributed by atoms with E-state index in [0.717, 1.165) is 6.42 Å². The highest BCUT2D eigenvalue weighted by Gasteiger charge is 2.58.